The molecule has 1 heterocycles. The summed E-state index contributed by atoms with van der Waals surface area (Å²) in [7, 11) is -3.55. The number of anilines is 1. The molecule has 12 heteroatoms. The summed E-state index contributed by atoms with van der Waals surface area (Å²) in [5, 5.41) is 19.1. The largest absolute Gasteiger partial charge is 0.423 e. The highest BCUT2D eigenvalue weighted by molar-refractivity contribution is 7.92. The zero-order valence-corrected chi connectivity index (χ0v) is 18.7. The van der Waals surface area contributed by atoms with Crippen molar-refractivity contribution in [2.75, 3.05) is 11.6 Å². The Balaban J connectivity index is 1.68. The number of nitrogens with one attached hydrogen (secondary N) is 1. The number of carbonyl (C=O) groups is 2. The van der Waals surface area contributed by atoms with Crippen LogP contribution in [0.1, 0.15) is 15.9 Å². The van der Waals surface area contributed by atoms with E-state index in [9.17, 15) is 23.3 Å². The van der Waals surface area contributed by atoms with Crippen molar-refractivity contribution in [3.63, 3.8) is 0 Å². The number of hydrogen-bond donors (Lipinski definition) is 1. The minimum absolute atomic E-state index is 0.0546. The van der Waals surface area contributed by atoms with Gasteiger partial charge in [-0.05, 0) is 48.0 Å². The van der Waals surface area contributed by atoms with E-state index < -0.39 is 21.7 Å². The lowest BCUT2D eigenvalue weighted by atomic mass is 10.1. The van der Waals surface area contributed by atoms with Crippen molar-refractivity contribution in [1.82, 2.24) is 10.2 Å². The van der Waals surface area contributed by atoms with E-state index in [0.717, 1.165) is 6.26 Å². The van der Waals surface area contributed by atoms with E-state index in [1.54, 1.807) is 30.3 Å². The highest BCUT2D eigenvalue weighted by Crippen LogP contribution is 2.21. The SMILES string of the molecule is CS(=O)(=O)c1nnc(NC(=O)/C(C#N)=C\c2ccc(OC(=O)c3ccc(Cl)cc3)cc2)s1. The average molecular weight is 489 g/mol. The van der Waals surface area contributed by atoms with Gasteiger partial charge in [-0.15, -0.1) is 10.2 Å². The Morgan fingerprint density at radius 3 is 2.34 bits per heavy atom. The molecule has 0 radical (unpaired) electrons. The van der Waals surface area contributed by atoms with Crippen LogP contribution in [0.25, 0.3) is 6.08 Å². The molecule has 1 N–H and O–H groups in total. The van der Waals surface area contributed by atoms with Gasteiger partial charge in [0.25, 0.3) is 5.91 Å². The number of aromatic nitrogens is 2. The third-order valence-corrected chi connectivity index (χ3v) is 6.55. The molecule has 3 aromatic rings. The number of sulfone groups is 1. The Kier molecular flexibility index (Phi) is 6.99. The van der Waals surface area contributed by atoms with Gasteiger partial charge in [0, 0.05) is 11.3 Å². The van der Waals surface area contributed by atoms with Crippen LogP contribution in [0.15, 0.2) is 58.4 Å². The van der Waals surface area contributed by atoms with E-state index in [1.165, 1.54) is 30.3 Å². The van der Waals surface area contributed by atoms with Gasteiger partial charge in [-0.3, -0.25) is 10.1 Å². The maximum Gasteiger partial charge on any atom is 0.343 e. The van der Waals surface area contributed by atoms with Gasteiger partial charge in [0.2, 0.25) is 19.3 Å². The van der Waals surface area contributed by atoms with Gasteiger partial charge >= 0.3 is 5.97 Å². The standard InChI is InChI=1S/C20H13ClN4O5S2/c1-32(28,29)20-25-24-19(31-20)23-17(26)14(11-22)10-12-2-8-16(9-3-12)30-18(27)13-4-6-15(21)7-5-13/h2-10H,1H3,(H,23,24,26)/b14-10-. The monoisotopic (exact) mass is 488 g/mol. The number of nitrogens with zero attached hydrogens (tertiary/aromatic N) is 3. The van der Waals surface area contributed by atoms with Gasteiger partial charge in [-0.25, -0.2) is 13.2 Å². The van der Waals surface area contributed by atoms with Crippen LogP contribution in [0.5, 0.6) is 5.75 Å². The number of ether oxygens (including phenoxy) is 1. The predicted molar refractivity (Wildman–Crippen MR) is 118 cm³/mol. The number of rotatable bonds is 6. The number of hydrogen-bond acceptors (Lipinski definition) is 9. The van der Waals surface area contributed by atoms with Crippen LogP contribution >= 0.6 is 22.9 Å². The second-order valence-corrected chi connectivity index (χ2v) is 9.84. The molecule has 0 aliphatic heterocycles. The van der Waals surface area contributed by atoms with Crippen LogP contribution in [-0.4, -0.2) is 36.7 Å². The molecule has 1 amide bonds. The zero-order chi connectivity index (χ0) is 23.3. The van der Waals surface area contributed by atoms with Crippen molar-refractivity contribution in [2.24, 2.45) is 0 Å². The maximum atomic E-state index is 12.3. The van der Waals surface area contributed by atoms with Crippen LogP contribution in [0.4, 0.5) is 5.13 Å². The molecule has 0 saturated heterocycles. The number of nitriles is 1. The average Bonchev–Trinajstić information content (AvgIpc) is 3.22. The Hall–Kier alpha value is -3.59. The minimum Gasteiger partial charge on any atom is -0.423 e. The van der Waals surface area contributed by atoms with E-state index >= 15 is 0 Å². The predicted octanol–water partition coefficient (Wildman–Crippen LogP) is 3.36. The molecule has 0 aliphatic rings. The minimum atomic E-state index is -3.55. The molecule has 1 aromatic heterocycles. The van der Waals surface area contributed by atoms with Crippen molar-refractivity contribution < 1.29 is 22.7 Å². The molecule has 3 rings (SSSR count). The summed E-state index contributed by atoms with van der Waals surface area (Å²) in [5.41, 5.74) is 0.585. The smallest absolute Gasteiger partial charge is 0.343 e. The number of benzene rings is 2. The summed E-state index contributed by atoms with van der Waals surface area (Å²) in [4.78, 5) is 24.4. The Bertz CT molecular complexity index is 1340. The molecular weight excluding hydrogens is 476 g/mol. The van der Waals surface area contributed by atoms with Crippen LogP contribution in [-0.2, 0) is 14.6 Å². The molecule has 32 heavy (non-hydrogen) atoms. The van der Waals surface area contributed by atoms with E-state index in [1.807, 2.05) is 0 Å². The molecule has 0 fully saturated rings. The van der Waals surface area contributed by atoms with Crippen molar-refractivity contribution in [2.45, 2.75) is 4.34 Å². The molecule has 0 bridgehead atoms. The van der Waals surface area contributed by atoms with Crippen LogP contribution in [0, 0.1) is 11.3 Å². The van der Waals surface area contributed by atoms with Crippen LogP contribution < -0.4 is 10.1 Å². The third kappa shape index (κ3) is 5.98. The fraction of sp³-hybridized carbons (Fsp3) is 0.0500. The highest BCUT2D eigenvalue weighted by Gasteiger charge is 2.17. The lowest BCUT2D eigenvalue weighted by molar-refractivity contribution is -0.112. The Morgan fingerprint density at radius 2 is 1.78 bits per heavy atom. The van der Waals surface area contributed by atoms with Gasteiger partial charge in [0.1, 0.15) is 17.4 Å². The lowest BCUT2D eigenvalue weighted by Crippen LogP contribution is -2.13. The number of esters is 1. The molecule has 2 aromatic carbocycles. The summed E-state index contributed by atoms with van der Waals surface area (Å²) in [6, 6.07) is 14.1. The Labute approximate surface area is 191 Å². The summed E-state index contributed by atoms with van der Waals surface area (Å²) in [6.45, 7) is 0. The molecule has 0 unspecified atom stereocenters. The van der Waals surface area contributed by atoms with Crippen LogP contribution in [0.3, 0.4) is 0 Å². The van der Waals surface area contributed by atoms with Crippen molar-refractivity contribution in [1.29, 1.82) is 5.26 Å². The zero-order valence-electron chi connectivity index (χ0n) is 16.3. The first kappa shape index (κ1) is 23.1. The summed E-state index contributed by atoms with van der Waals surface area (Å²) in [5.74, 6) is -1.07. The molecule has 0 aliphatic carbocycles. The molecule has 0 atom stereocenters. The topological polar surface area (TPSA) is 139 Å². The van der Waals surface area contributed by atoms with Crippen molar-refractivity contribution in [3.05, 3.63) is 70.3 Å². The normalized spacial score (nSPS) is 11.5. The maximum absolute atomic E-state index is 12.3. The van der Waals surface area contributed by atoms with Crippen molar-refractivity contribution in [3.8, 4) is 11.8 Å². The van der Waals surface area contributed by atoms with Gasteiger partial charge < -0.3 is 4.74 Å². The first-order valence-corrected chi connectivity index (χ1v) is 11.8. The van der Waals surface area contributed by atoms with E-state index in [-0.39, 0.29) is 20.8 Å². The van der Waals surface area contributed by atoms with Gasteiger partial charge in [-0.2, -0.15) is 5.26 Å². The molecule has 0 saturated carbocycles. The second-order valence-electron chi connectivity index (χ2n) is 6.23. The second kappa shape index (κ2) is 9.69. The van der Waals surface area contributed by atoms with Crippen LogP contribution in [0.2, 0.25) is 5.02 Å². The lowest BCUT2D eigenvalue weighted by Gasteiger charge is -2.05. The van der Waals surface area contributed by atoms with Crippen molar-refractivity contribution >= 4 is 55.9 Å². The fourth-order valence-corrected chi connectivity index (χ4v) is 3.90. The first-order chi connectivity index (χ1) is 15.2. The highest BCUT2D eigenvalue weighted by atomic mass is 35.5. The van der Waals surface area contributed by atoms with E-state index in [0.29, 0.717) is 27.5 Å². The summed E-state index contributed by atoms with van der Waals surface area (Å²) in [6.07, 6.45) is 2.29. The molecule has 0 spiro atoms. The fourth-order valence-electron chi connectivity index (χ4n) is 2.27. The summed E-state index contributed by atoms with van der Waals surface area (Å²) < 4.78 is 27.9. The molecular formula is C20H13ClN4O5S2. The number of halogens is 1. The molecule has 162 valence electrons. The van der Waals surface area contributed by atoms with Gasteiger partial charge in [0.05, 0.1) is 5.56 Å². The molecule has 9 nitrogen and oxygen atoms in total. The van der Waals surface area contributed by atoms with Gasteiger partial charge in [0.15, 0.2) is 0 Å². The number of carbonyl (C=O) groups excluding carboxylic acids is 2. The first-order valence-electron chi connectivity index (χ1n) is 8.70. The number of amides is 1. The Morgan fingerprint density at radius 1 is 1.12 bits per heavy atom. The quantitative estimate of drug-likeness (QED) is 0.183. The van der Waals surface area contributed by atoms with E-state index in [4.69, 9.17) is 16.3 Å². The van der Waals surface area contributed by atoms with Gasteiger partial charge in [-0.1, -0.05) is 35.1 Å². The van der Waals surface area contributed by atoms with E-state index in [2.05, 4.69) is 15.5 Å². The summed E-state index contributed by atoms with van der Waals surface area (Å²) >= 11 is 6.47. The third-order valence-electron chi connectivity index (χ3n) is 3.79.